The summed E-state index contributed by atoms with van der Waals surface area (Å²) in [5.74, 6) is -1.09. The van der Waals surface area contributed by atoms with Crippen molar-refractivity contribution in [2.75, 3.05) is 5.32 Å². The first-order valence-electron chi connectivity index (χ1n) is 7.24. The van der Waals surface area contributed by atoms with Crippen LogP contribution in [0.15, 0.2) is 41.9 Å². The van der Waals surface area contributed by atoms with E-state index in [-0.39, 0.29) is 0 Å². The summed E-state index contributed by atoms with van der Waals surface area (Å²) >= 11 is 13.3. The van der Waals surface area contributed by atoms with E-state index in [1.165, 1.54) is 24.3 Å². The van der Waals surface area contributed by atoms with Crippen molar-refractivity contribution in [3.05, 3.63) is 57.5 Å². The monoisotopic (exact) mass is 394 g/mol. The number of ether oxygens (including phenoxy) is 1. The van der Waals surface area contributed by atoms with Gasteiger partial charge in [-0.2, -0.15) is 0 Å². The number of amides is 1. The van der Waals surface area contributed by atoms with Crippen LogP contribution in [0.2, 0.25) is 10.0 Å². The van der Waals surface area contributed by atoms with Crippen LogP contribution in [0, 0.1) is 0 Å². The first-order chi connectivity index (χ1) is 11.9. The molecule has 8 heteroatoms. The average Bonchev–Trinajstić information content (AvgIpc) is 3.05. The fourth-order valence-electron chi connectivity index (χ4n) is 2.09. The summed E-state index contributed by atoms with van der Waals surface area (Å²) in [5.41, 5.74) is 3.22. The minimum Gasteiger partial charge on any atom is -0.449 e. The first kappa shape index (κ1) is 17.7. The van der Waals surface area contributed by atoms with Gasteiger partial charge in [0.15, 0.2) is 6.10 Å². The van der Waals surface area contributed by atoms with Gasteiger partial charge in [-0.25, -0.2) is 9.78 Å². The molecular formula is C17H12Cl2N2O3S. The number of thiazole rings is 1. The fourth-order valence-corrected chi connectivity index (χ4v) is 3.15. The molecule has 0 spiro atoms. The van der Waals surface area contributed by atoms with Gasteiger partial charge in [-0.15, -0.1) is 11.3 Å². The molecule has 5 nitrogen and oxygen atoms in total. The van der Waals surface area contributed by atoms with Crippen LogP contribution in [0.4, 0.5) is 5.69 Å². The Hall–Kier alpha value is -2.15. The van der Waals surface area contributed by atoms with Crippen molar-refractivity contribution in [1.29, 1.82) is 0 Å². The van der Waals surface area contributed by atoms with E-state index in [4.69, 9.17) is 27.9 Å². The van der Waals surface area contributed by atoms with Gasteiger partial charge in [-0.1, -0.05) is 23.2 Å². The number of fused-ring (bicyclic) bond motifs is 1. The maximum atomic E-state index is 12.2. The maximum absolute atomic E-state index is 12.2. The van der Waals surface area contributed by atoms with Gasteiger partial charge < -0.3 is 10.1 Å². The first-order valence-corrected chi connectivity index (χ1v) is 8.88. The molecule has 0 aliphatic heterocycles. The van der Waals surface area contributed by atoms with Crippen molar-refractivity contribution in [2.24, 2.45) is 0 Å². The van der Waals surface area contributed by atoms with E-state index in [0.717, 1.165) is 10.2 Å². The highest BCUT2D eigenvalue weighted by atomic mass is 35.5. The molecule has 1 aromatic heterocycles. The van der Waals surface area contributed by atoms with Crippen molar-refractivity contribution in [3.8, 4) is 0 Å². The number of nitrogens with one attached hydrogen (secondary N) is 1. The lowest BCUT2D eigenvalue weighted by molar-refractivity contribution is -0.123. The van der Waals surface area contributed by atoms with Crippen LogP contribution >= 0.6 is 34.5 Å². The van der Waals surface area contributed by atoms with Gasteiger partial charge in [-0.3, -0.25) is 4.79 Å². The Morgan fingerprint density at radius 2 is 2.00 bits per heavy atom. The number of nitrogens with zero attached hydrogens (tertiary/aromatic N) is 1. The third-order valence-corrected chi connectivity index (χ3v) is 4.76. The van der Waals surface area contributed by atoms with E-state index in [0.29, 0.717) is 21.3 Å². The molecule has 1 amide bonds. The second-order valence-corrected chi connectivity index (χ2v) is 6.93. The lowest BCUT2D eigenvalue weighted by Crippen LogP contribution is -2.30. The SMILES string of the molecule is C[C@@H](OC(=O)c1ccc2ncsc2c1)C(=O)Nc1cc(Cl)ccc1Cl. The summed E-state index contributed by atoms with van der Waals surface area (Å²) in [5, 5.41) is 3.36. The molecule has 25 heavy (non-hydrogen) atoms. The fraction of sp³-hybridized carbons (Fsp3) is 0.118. The second-order valence-electron chi connectivity index (χ2n) is 5.20. The smallest absolute Gasteiger partial charge is 0.338 e. The lowest BCUT2D eigenvalue weighted by Gasteiger charge is -2.14. The third-order valence-electron chi connectivity index (χ3n) is 3.41. The summed E-state index contributed by atoms with van der Waals surface area (Å²) in [6.45, 7) is 1.48. The van der Waals surface area contributed by atoms with Gasteiger partial charge in [0.2, 0.25) is 0 Å². The molecule has 2 aromatic carbocycles. The number of hydrogen-bond acceptors (Lipinski definition) is 5. The Morgan fingerprint density at radius 1 is 1.20 bits per heavy atom. The Morgan fingerprint density at radius 3 is 2.80 bits per heavy atom. The number of halogens is 2. The van der Waals surface area contributed by atoms with Crippen molar-refractivity contribution in [3.63, 3.8) is 0 Å². The number of aromatic nitrogens is 1. The molecule has 3 rings (SSSR count). The number of esters is 1. The number of benzene rings is 2. The number of carbonyl (C=O) groups is 2. The van der Waals surface area contributed by atoms with E-state index < -0.39 is 18.0 Å². The van der Waals surface area contributed by atoms with Gasteiger partial charge in [0.05, 0.1) is 32.0 Å². The molecule has 0 unspecified atom stereocenters. The van der Waals surface area contributed by atoms with E-state index in [2.05, 4.69) is 10.3 Å². The minimum atomic E-state index is -1.00. The largest absolute Gasteiger partial charge is 0.449 e. The molecule has 0 saturated carbocycles. The molecule has 1 N–H and O–H groups in total. The van der Waals surface area contributed by atoms with Crippen LogP contribution in [0.5, 0.6) is 0 Å². The van der Waals surface area contributed by atoms with Crippen LogP contribution in [0.1, 0.15) is 17.3 Å². The molecule has 1 heterocycles. The van der Waals surface area contributed by atoms with Crippen LogP contribution in [-0.2, 0) is 9.53 Å². The average molecular weight is 395 g/mol. The highest BCUT2D eigenvalue weighted by Crippen LogP contribution is 2.26. The van der Waals surface area contributed by atoms with Crippen LogP contribution in [0.25, 0.3) is 10.2 Å². The summed E-state index contributed by atoms with van der Waals surface area (Å²) < 4.78 is 6.10. The number of carbonyl (C=O) groups excluding carboxylic acids is 2. The Kier molecular flexibility index (Phi) is 5.22. The van der Waals surface area contributed by atoms with Crippen LogP contribution in [0.3, 0.4) is 0 Å². The molecule has 0 radical (unpaired) electrons. The third kappa shape index (κ3) is 4.10. The van der Waals surface area contributed by atoms with Gasteiger partial charge in [-0.05, 0) is 43.3 Å². The minimum absolute atomic E-state index is 0.340. The summed E-state index contributed by atoms with van der Waals surface area (Å²) in [6, 6.07) is 9.74. The Labute approximate surface area is 157 Å². The predicted octanol–water partition coefficient (Wildman–Crippen LogP) is 4.79. The van der Waals surface area contributed by atoms with Crippen LogP contribution < -0.4 is 5.32 Å². The molecule has 128 valence electrons. The number of anilines is 1. The predicted molar refractivity (Wildman–Crippen MR) is 99.6 cm³/mol. The van der Waals surface area contributed by atoms with E-state index in [1.807, 2.05) is 0 Å². The van der Waals surface area contributed by atoms with Gasteiger partial charge in [0.1, 0.15) is 0 Å². The Balaban J connectivity index is 1.68. The molecule has 0 aliphatic rings. The summed E-state index contributed by atoms with van der Waals surface area (Å²) in [6.07, 6.45) is -1.00. The molecule has 0 bridgehead atoms. The van der Waals surface area contributed by atoms with E-state index in [9.17, 15) is 9.59 Å². The van der Waals surface area contributed by atoms with Gasteiger partial charge in [0, 0.05) is 5.02 Å². The van der Waals surface area contributed by atoms with E-state index >= 15 is 0 Å². The summed E-state index contributed by atoms with van der Waals surface area (Å²) in [7, 11) is 0. The highest BCUT2D eigenvalue weighted by Gasteiger charge is 2.20. The van der Waals surface area contributed by atoms with Crippen molar-refractivity contribution in [1.82, 2.24) is 4.98 Å². The van der Waals surface area contributed by atoms with Crippen molar-refractivity contribution < 1.29 is 14.3 Å². The van der Waals surface area contributed by atoms with Crippen LogP contribution in [-0.4, -0.2) is 23.0 Å². The lowest BCUT2D eigenvalue weighted by atomic mass is 10.2. The standard InChI is InChI=1S/C17H12Cl2N2O3S/c1-9(16(22)21-14-7-11(18)3-4-12(14)19)24-17(23)10-2-5-13-15(6-10)25-8-20-13/h2-9H,1H3,(H,21,22)/t9-/m1/s1. The normalized spacial score (nSPS) is 12.0. The number of rotatable bonds is 4. The van der Waals surface area contributed by atoms with Gasteiger partial charge in [0.25, 0.3) is 5.91 Å². The highest BCUT2D eigenvalue weighted by molar-refractivity contribution is 7.16. The topological polar surface area (TPSA) is 68.3 Å². The molecule has 0 aliphatic carbocycles. The summed E-state index contributed by atoms with van der Waals surface area (Å²) in [4.78, 5) is 28.6. The van der Waals surface area contributed by atoms with Crippen molar-refractivity contribution >= 4 is 62.3 Å². The second kappa shape index (κ2) is 7.39. The van der Waals surface area contributed by atoms with E-state index in [1.54, 1.807) is 35.8 Å². The number of hydrogen-bond donors (Lipinski definition) is 1. The molecular weight excluding hydrogens is 383 g/mol. The molecule has 0 fully saturated rings. The Bertz CT molecular complexity index is 958. The van der Waals surface area contributed by atoms with Crippen molar-refractivity contribution in [2.45, 2.75) is 13.0 Å². The quantitative estimate of drug-likeness (QED) is 0.646. The zero-order valence-corrected chi connectivity index (χ0v) is 15.3. The zero-order valence-electron chi connectivity index (χ0n) is 13.0. The molecule has 1 atom stereocenters. The molecule has 3 aromatic rings. The maximum Gasteiger partial charge on any atom is 0.338 e. The zero-order chi connectivity index (χ0) is 18.0. The van der Waals surface area contributed by atoms with Gasteiger partial charge >= 0.3 is 5.97 Å². The molecule has 0 saturated heterocycles.